The Bertz CT molecular complexity index is 827. The van der Waals surface area contributed by atoms with E-state index in [1.165, 1.54) is 6.42 Å². The number of rotatable bonds is 6. The van der Waals surface area contributed by atoms with E-state index in [0.717, 1.165) is 55.5 Å². The maximum absolute atomic E-state index is 13.0. The average Bonchev–Trinajstić information content (AvgIpc) is 3.20. The number of nitrogens with one attached hydrogen (secondary N) is 2. The Hall–Kier alpha value is -1.95. The SMILES string of the molecule is CC(C)(C)Cc1noc2nc(C3CC3)cc(C(=O)NCCC3CCNC3)c12. The lowest BCUT2D eigenvalue weighted by Gasteiger charge is -2.16. The number of amides is 1. The van der Waals surface area contributed by atoms with Gasteiger partial charge in [-0.05, 0) is 62.6 Å². The van der Waals surface area contributed by atoms with Crippen LogP contribution in [0.4, 0.5) is 0 Å². The van der Waals surface area contributed by atoms with E-state index in [4.69, 9.17) is 4.52 Å². The molecule has 2 aromatic heterocycles. The maximum Gasteiger partial charge on any atom is 0.259 e. The summed E-state index contributed by atoms with van der Waals surface area (Å²) in [5.41, 5.74) is 3.03. The zero-order chi connectivity index (χ0) is 19.0. The molecule has 1 saturated heterocycles. The van der Waals surface area contributed by atoms with E-state index in [9.17, 15) is 4.79 Å². The van der Waals surface area contributed by atoms with Crippen LogP contribution in [-0.4, -0.2) is 35.7 Å². The molecule has 27 heavy (non-hydrogen) atoms. The Morgan fingerprint density at radius 2 is 2.15 bits per heavy atom. The van der Waals surface area contributed by atoms with E-state index in [-0.39, 0.29) is 11.3 Å². The molecule has 146 valence electrons. The Morgan fingerprint density at radius 1 is 1.33 bits per heavy atom. The second-order valence-electron chi connectivity index (χ2n) is 9.32. The van der Waals surface area contributed by atoms with Crippen molar-refractivity contribution in [3.05, 3.63) is 23.0 Å². The third kappa shape index (κ3) is 4.32. The third-order valence-electron chi connectivity index (χ3n) is 5.48. The molecule has 3 heterocycles. The van der Waals surface area contributed by atoms with E-state index in [2.05, 4.69) is 41.5 Å². The molecule has 1 aliphatic carbocycles. The molecule has 0 bridgehead atoms. The number of carbonyl (C=O) groups is 1. The normalized spacial score (nSPS) is 20.3. The van der Waals surface area contributed by atoms with Crippen LogP contribution in [0.5, 0.6) is 0 Å². The van der Waals surface area contributed by atoms with Gasteiger partial charge in [-0.3, -0.25) is 4.79 Å². The average molecular weight is 370 g/mol. The van der Waals surface area contributed by atoms with Gasteiger partial charge in [0, 0.05) is 18.2 Å². The second-order valence-corrected chi connectivity index (χ2v) is 9.32. The van der Waals surface area contributed by atoms with Gasteiger partial charge in [0.1, 0.15) is 0 Å². The van der Waals surface area contributed by atoms with Crippen LogP contribution >= 0.6 is 0 Å². The molecule has 0 radical (unpaired) electrons. The molecule has 4 rings (SSSR count). The van der Waals surface area contributed by atoms with Gasteiger partial charge in [0.2, 0.25) is 0 Å². The van der Waals surface area contributed by atoms with Crippen LogP contribution in [0.2, 0.25) is 0 Å². The van der Waals surface area contributed by atoms with Crippen molar-refractivity contribution >= 4 is 17.0 Å². The van der Waals surface area contributed by atoms with Crippen LogP contribution in [-0.2, 0) is 6.42 Å². The number of pyridine rings is 1. The molecule has 0 aromatic carbocycles. The van der Waals surface area contributed by atoms with Crippen LogP contribution in [0.25, 0.3) is 11.1 Å². The van der Waals surface area contributed by atoms with Crippen LogP contribution in [0.1, 0.15) is 74.1 Å². The van der Waals surface area contributed by atoms with Gasteiger partial charge in [0.25, 0.3) is 11.6 Å². The van der Waals surface area contributed by atoms with Gasteiger partial charge in [-0.15, -0.1) is 0 Å². The van der Waals surface area contributed by atoms with Crippen molar-refractivity contribution in [3.63, 3.8) is 0 Å². The molecule has 2 N–H and O–H groups in total. The van der Waals surface area contributed by atoms with E-state index < -0.39 is 0 Å². The third-order valence-corrected chi connectivity index (χ3v) is 5.48. The van der Waals surface area contributed by atoms with Crippen molar-refractivity contribution in [2.75, 3.05) is 19.6 Å². The highest BCUT2D eigenvalue weighted by atomic mass is 16.5. The minimum atomic E-state index is -0.0337. The van der Waals surface area contributed by atoms with Crippen molar-refractivity contribution < 1.29 is 9.32 Å². The highest BCUT2D eigenvalue weighted by Gasteiger charge is 2.30. The second kappa shape index (κ2) is 7.23. The lowest BCUT2D eigenvalue weighted by molar-refractivity contribution is 0.0953. The number of carbonyl (C=O) groups excluding carboxylic acids is 1. The summed E-state index contributed by atoms with van der Waals surface area (Å²) in [5.74, 6) is 1.09. The summed E-state index contributed by atoms with van der Waals surface area (Å²) >= 11 is 0. The molecule has 1 atom stereocenters. The molecular formula is C21H30N4O2. The van der Waals surface area contributed by atoms with Crippen molar-refractivity contribution in [1.29, 1.82) is 0 Å². The van der Waals surface area contributed by atoms with Crippen LogP contribution in [0.15, 0.2) is 10.6 Å². The van der Waals surface area contributed by atoms with Gasteiger partial charge in [-0.25, -0.2) is 4.98 Å². The fraction of sp³-hybridized carbons (Fsp3) is 0.667. The fourth-order valence-electron chi connectivity index (χ4n) is 3.87. The smallest absolute Gasteiger partial charge is 0.259 e. The van der Waals surface area contributed by atoms with Crippen LogP contribution < -0.4 is 10.6 Å². The Balaban J connectivity index is 1.59. The summed E-state index contributed by atoms with van der Waals surface area (Å²) in [6, 6.07) is 1.97. The molecule has 0 spiro atoms. The highest BCUT2D eigenvalue weighted by Crippen LogP contribution is 2.40. The first-order chi connectivity index (χ1) is 12.9. The van der Waals surface area contributed by atoms with Crippen LogP contribution in [0, 0.1) is 11.3 Å². The first-order valence-corrected chi connectivity index (χ1v) is 10.2. The molecule has 2 aliphatic rings. The molecule has 6 nitrogen and oxygen atoms in total. The van der Waals surface area contributed by atoms with E-state index >= 15 is 0 Å². The van der Waals surface area contributed by atoms with Gasteiger partial charge >= 0.3 is 0 Å². The first-order valence-electron chi connectivity index (χ1n) is 10.2. The molecule has 2 aromatic rings. The number of hydrogen-bond acceptors (Lipinski definition) is 5. The van der Waals surface area contributed by atoms with Gasteiger partial charge in [-0.1, -0.05) is 25.9 Å². The van der Waals surface area contributed by atoms with Crippen molar-refractivity contribution in [2.24, 2.45) is 11.3 Å². The zero-order valence-electron chi connectivity index (χ0n) is 16.6. The van der Waals surface area contributed by atoms with Crippen molar-refractivity contribution in [2.45, 2.75) is 58.8 Å². The fourth-order valence-corrected chi connectivity index (χ4v) is 3.87. The Labute approximate surface area is 160 Å². The molecule has 2 fully saturated rings. The standard InChI is InChI=1S/C21H30N4O2/c1-21(2,3)11-17-18-15(19(26)23-9-7-13-6-8-22-12-13)10-16(14-4-5-14)24-20(18)27-25-17/h10,13-14,22H,4-9,11-12H2,1-3H3,(H,23,26). The summed E-state index contributed by atoms with van der Waals surface area (Å²) in [7, 11) is 0. The summed E-state index contributed by atoms with van der Waals surface area (Å²) in [5, 5.41) is 11.5. The lowest BCUT2D eigenvalue weighted by atomic mass is 9.89. The first kappa shape index (κ1) is 18.4. The summed E-state index contributed by atoms with van der Waals surface area (Å²) in [4.78, 5) is 17.7. The van der Waals surface area contributed by atoms with Crippen molar-refractivity contribution in [1.82, 2.24) is 20.8 Å². The molecule has 1 aliphatic heterocycles. The summed E-state index contributed by atoms with van der Waals surface area (Å²) in [6.07, 6.45) is 5.23. The molecule has 1 amide bonds. The zero-order valence-corrected chi connectivity index (χ0v) is 16.6. The lowest BCUT2D eigenvalue weighted by Crippen LogP contribution is -2.27. The minimum absolute atomic E-state index is 0.0337. The quantitative estimate of drug-likeness (QED) is 0.814. The number of hydrogen-bond donors (Lipinski definition) is 2. The predicted octanol–water partition coefficient (Wildman–Crippen LogP) is 3.42. The van der Waals surface area contributed by atoms with E-state index in [1.807, 2.05) is 6.07 Å². The summed E-state index contributed by atoms with van der Waals surface area (Å²) < 4.78 is 5.54. The highest BCUT2D eigenvalue weighted by molar-refractivity contribution is 6.06. The van der Waals surface area contributed by atoms with Crippen molar-refractivity contribution in [3.8, 4) is 0 Å². The number of nitrogens with zero attached hydrogens (tertiary/aromatic N) is 2. The van der Waals surface area contributed by atoms with E-state index in [1.54, 1.807) is 0 Å². The number of aromatic nitrogens is 2. The van der Waals surface area contributed by atoms with Gasteiger partial charge in [-0.2, -0.15) is 0 Å². The van der Waals surface area contributed by atoms with Gasteiger partial charge in [0.15, 0.2) is 0 Å². The van der Waals surface area contributed by atoms with Gasteiger partial charge in [0.05, 0.1) is 16.6 Å². The van der Waals surface area contributed by atoms with Gasteiger partial charge < -0.3 is 15.2 Å². The number of fused-ring (bicyclic) bond motifs is 1. The molecular weight excluding hydrogens is 340 g/mol. The molecule has 1 unspecified atom stereocenters. The topological polar surface area (TPSA) is 80.0 Å². The largest absolute Gasteiger partial charge is 0.352 e. The summed E-state index contributed by atoms with van der Waals surface area (Å²) in [6.45, 7) is 9.33. The monoisotopic (exact) mass is 370 g/mol. The maximum atomic E-state index is 13.0. The van der Waals surface area contributed by atoms with Crippen LogP contribution in [0.3, 0.4) is 0 Å². The molecule has 6 heteroatoms. The minimum Gasteiger partial charge on any atom is -0.352 e. The Kier molecular flexibility index (Phi) is 4.93. The molecule has 1 saturated carbocycles. The Morgan fingerprint density at radius 3 is 2.81 bits per heavy atom. The predicted molar refractivity (Wildman–Crippen MR) is 105 cm³/mol. The van der Waals surface area contributed by atoms with E-state index in [0.29, 0.717) is 29.7 Å².